The largest absolute Gasteiger partial charge is 0.340 e. The van der Waals surface area contributed by atoms with Crippen LogP contribution in [0.1, 0.15) is 17.0 Å². The van der Waals surface area contributed by atoms with Gasteiger partial charge < -0.3 is 4.98 Å². The number of thiophene rings is 1. The Labute approximate surface area is 176 Å². The van der Waals surface area contributed by atoms with Gasteiger partial charge in [0.15, 0.2) is 11.5 Å². The molecule has 30 heavy (non-hydrogen) atoms. The van der Waals surface area contributed by atoms with E-state index in [1.54, 1.807) is 36.0 Å². The molecule has 2 N–H and O–H groups in total. The van der Waals surface area contributed by atoms with Crippen LogP contribution in [0.15, 0.2) is 66.3 Å². The van der Waals surface area contributed by atoms with Crippen molar-refractivity contribution < 1.29 is 0 Å². The fraction of sp³-hybridized carbons (Fsp3) is 0.0455. The Hall–Kier alpha value is -3.91. The molecule has 5 aromatic heterocycles. The Morgan fingerprint density at radius 2 is 2.07 bits per heavy atom. The summed E-state index contributed by atoms with van der Waals surface area (Å²) in [7, 11) is 0. The van der Waals surface area contributed by atoms with Crippen LogP contribution in [0.4, 0.5) is 0 Å². The van der Waals surface area contributed by atoms with Gasteiger partial charge >= 0.3 is 0 Å². The molecule has 0 fully saturated rings. The summed E-state index contributed by atoms with van der Waals surface area (Å²) in [4.78, 5) is 21.5. The molecule has 0 atom stereocenters. The third kappa shape index (κ3) is 3.13. The Balaban J connectivity index is 1.62. The molecule has 5 heterocycles. The van der Waals surface area contributed by atoms with Crippen molar-refractivity contribution in [1.29, 1.82) is 0 Å². The van der Waals surface area contributed by atoms with Crippen LogP contribution >= 0.6 is 11.3 Å². The van der Waals surface area contributed by atoms with Crippen molar-refractivity contribution in [2.45, 2.75) is 6.92 Å². The van der Waals surface area contributed by atoms with Crippen LogP contribution in [-0.4, -0.2) is 35.1 Å². The number of nitrogens with zero attached hydrogens (tertiary/aromatic N) is 5. The molecule has 0 bridgehead atoms. The monoisotopic (exact) mass is 411 g/mol. The first-order valence-electron chi connectivity index (χ1n) is 9.28. The number of nitrogens with one attached hydrogen (secondary N) is 2. The lowest BCUT2D eigenvalue weighted by atomic mass is 10.0. The van der Waals surface area contributed by atoms with Gasteiger partial charge in [-0.25, -0.2) is 9.97 Å². The lowest BCUT2D eigenvalue weighted by Crippen LogP contribution is -1.90. The topological polar surface area (TPSA) is 96.0 Å². The van der Waals surface area contributed by atoms with Gasteiger partial charge in [-0.3, -0.25) is 15.1 Å². The predicted octanol–water partition coefficient (Wildman–Crippen LogP) is 4.79. The number of rotatable bonds is 5. The minimum Gasteiger partial charge on any atom is -0.340 e. The minimum atomic E-state index is 0.655. The van der Waals surface area contributed by atoms with Crippen LogP contribution in [0.25, 0.3) is 39.5 Å². The molecule has 0 unspecified atom stereocenters. The van der Waals surface area contributed by atoms with Crippen molar-refractivity contribution in [2.24, 2.45) is 0 Å². The highest BCUT2D eigenvalue weighted by Crippen LogP contribution is 2.31. The van der Waals surface area contributed by atoms with Gasteiger partial charge in [-0.2, -0.15) is 16.4 Å². The molecule has 7 nitrogen and oxygen atoms in total. The highest BCUT2D eigenvalue weighted by Gasteiger charge is 2.19. The zero-order chi connectivity index (χ0) is 20.5. The van der Waals surface area contributed by atoms with E-state index in [0.717, 1.165) is 39.3 Å². The second-order valence-corrected chi connectivity index (χ2v) is 7.42. The molecule has 8 heteroatoms. The molecule has 0 radical (unpaired) electrons. The highest BCUT2D eigenvalue weighted by molar-refractivity contribution is 7.08. The van der Waals surface area contributed by atoms with Crippen LogP contribution in [-0.2, 0) is 0 Å². The minimum absolute atomic E-state index is 0.655. The molecular weight excluding hydrogens is 394 g/mol. The quantitative estimate of drug-likeness (QED) is 0.405. The van der Waals surface area contributed by atoms with E-state index >= 15 is 0 Å². The van der Waals surface area contributed by atoms with Crippen molar-refractivity contribution >= 4 is 27.9 Å². The number of aromatic amines is 2. The number of allylic oxidation sites excluding steroid dienone is 2. The SMILES string of the molecule is C=C/C=C(/c1ccsc1)c1nc(-c2n[nH]c3ccc(-c4cnccn4)nc23)[nH]c1C. The van der Waals surface area contributed by atoms with Crippen LogP contribution < -0.4 is 0 Å². The molecule has 0 saturated heterocycles. The number of imidazole rings is 1. The van der Waals surface area contributed by atoms with Crippen molar-refractivity contribution in [2.75, 3.05) is 0 Å². The summed E-state index contributed by atoms with van der Waals surface area (Å²) in [5.74, 6) is 0.655. The molecule has 0 aliphatic carbocycles. The average Bonchev–Trinajstić information content (AvgIpc) is 3.52. The molecular formula is C22H17N7S. The van der Waals surface area contributed by atoms with Crippen molar-refractivity contribution in [3.8, 4) is 22.9 Å². The summed E-state index contributed by atoms with van der Waals surface area (Å²) < 4.78 is 0. The molecule has 0 amide bonds. The summed E-state index contributed by atoms with van der Waals surface area (Å²) in [6.45, 7) is 5.85. The number of hydrogen-bond donors (Lipinski definition) is 2. The Morgan fingerprint density at radius 1 is 1.13 bits per heavy atom. The summed E-state index contributed by atoms with van der Waals surface area (Å²) in [5.41, 5.74) is 7.58. The normalized spacial score (nSPS) is 11.8. The smallest absolute Gasteiger partial charge is 0.161 e. The predicted molar refractivity (Wildman–Crippen MR) is 119 cm³/mol. The van der Waals surface area contributed by atoms with Crippen LogP contribution in [0, 0.1) is 6.92 Å². The Kier molecular flexibility index (Phi) is 4.53. The zero-order valence-electron chi connectivity index (χ0n) is 16.1. The van der Waals surface area contributed by atoms with Crippen LogP contribution in [0.2, 0.25) is 0 Å². The van der Waals surface area contributed by atoms with Gasteiger partial charge in [-0.15, -0.1) is 0 Å². The fourth-order valence-electron chi connectivity index (χ4n) is 3.32. The number of fused-ring (bicyclic) bond motifs is 1. The maximum Gasteiger partial charge on any atom is 0.161 e. The van der Waals surface area contributed by atoms with Gasteiger partial charge in [-0.1, -0.05) is 18.7 Å². The van der Waals surface area contributed by atoms with Crippen molar-refractivity contribution in [3.63, 3.8) is 0 Å². The molecule has 0 aromatic carbocycles. The maximum absolute atomic E-state index is 4.86. The van der Waals surface area contributed by atoms with Crippen molar-refractivity contribution in [1.82, 2.24) is 35.1 Å². The Bertz CT molecular complexity index is 1360. The molecule has 5 rings (SSSR count). The molecule has 0 aliphatic heterocycles. The summed E-state index contributed by atoms with van der Waals surface area (Å²) >= 11 is 1.65. The van der Waals surface area contributed by atoms with Gasteiger partial charge in [0.2, 0.25) is 0 Å². The third-order valence-corrected chi connectivity index (χ3v) is 5.40. The van der Waals surface area contributed by atoms with Crippen molar-refractivity contribution in [3.05, 3.63) is 83.2 Å². The van der Waals surface area contributed by atoms with E-state index in [2.05, 4.69) is 43.2 Å². The number of pyridine rings is 1. The lowest BCUT2D eigenvalue weighted by molar-refractivity contribution is 1.10. The van der Waals surface area contributed by atoms with Gasteiger partial charge in [0.1, 0.15) is 11.2 Å². The van der Waals surface area contributed by atoms with Gasteiger partial charge in [0.05, 0.1) is 23.1 Å². The number of H-pyrrole nitrogens is 2. The Morgan fingerprint density at radius 3 is 2.83 bits per heavy atom. The van der Waals surface area contributed by atoms with E-state index in [4.69, 9.17) is 9.97 Å². The van der Waals surface area contributed by atoms with E-state index in [1.807, 2.05) is 30.5 Å². The zero-order valence-corrected chi connectivity index (χ0v) is 16.9. The molecule has 0 spiro atoms. The first-order chi connectivity index (χ1) is 14.7. The van der Waals surface area contributed by atoms with E-state index < -0.39 is 0 Å². The number of aryl methyl sites for hydroxylation is 1. The van der Waals surface area contributed by atoms with E-state index in [-0.39, 0.29) is 0 Å². The van der Waals surface area contributed by atoms with Gasteiger partial charge in [0, 0.05) is 23.7 Å². The van der Waals surface area contributed by atoms with E-state index in [9.17, 15) is 0 Å². The second kappa shape index (κ2) is 7.49. The summed E-state index contributed by atoms with van der Waals surface area (Å²) in [5, 5.41) is 11.7. The fourth-order valence-corrected chi connectivity index (χ4v) is 3.98. The molecule has 0 saturated carbocycles. The summed E-state index contributed by atoms with van der Waals surface area (Å²) in [6.07, 6.45) is 8.73. The second-order valence-electron chi connectivity index (χ2n) is 6.64. The molecule has 146 valence electrons. The summed E-state index contributed by atoms with van der Waals surface area (Å²) in [6, 6.07) is 5.91. The van der Waals surface area contributed by atoms with Gasteiger partial charge in [-0.05, 0) is 41.4 Å². The number of hydrogen-bond acceptors (Lipinski definition) is 6. The van der Waals surface area contributed by atoms with E-state index in [0.29, 0.717) is 17.2 Å². The molecule has 5 aromatic rings. The lowest BCUT2D eigenvalue weighted by Gasteiger charge is -2.02. The van der Waals surface area contributed by atoms with Gasteiger partial charge in [0.25, 0.3) is 0 Å². The first-order valence-corrected chi connectivity index (χ1v) is 10.2. The standard InChI is InChI=1S/C22H17N7S/c1-3-4-15(14-7-10-30-12-14)19-13(2)25-22(27-19)21-20-17(28-29-21)6-5-16(26-20)18-11-23-8-9-24-18/h3-12H,1H2,2H3,(H,25,27)(H,28,29)/b15-4-. The van der Waals surface area contributed by atoms with Crippen LogP contribution in [0.3, 0.4) is 0 Å². The first kappa shape index (κ1) is 18.1. The maximum atomic E-state index is 4.86. The average molecular weight is 411 g/mol. The highest BCUT2D eigenvalue weighted by atomic mass is 32.1. The van der Waals surface area contributed by atoms with Crippen LogP contribution in [0.5, 0.6) is 0 Å². The molecule has 0 aliphatic rings. The third-order valence-electron chi connectivity index (χ3n) is 4.71. The van der Waals surface area contributed by atoms with E-state index in [1.165, 1.54) is 0 Å². The number of aromatic nitrogens is 7.